The third-order valence-corrected chi connectivity index (χ3v) is 4.83. The maximum atomic E-state index is 12.4. The van der Waals surface area contributed by atoms with Crippen molar-refractivity contribution in [1.29, 1.82) is 0 Å². The summed E-state index contributed by atoms with van der Waals surface area (Å²) >= 11 is 0. The van der Waals surface area contributed by atoms with Crippen LogP contribution in [0.3, 0.4) is 0 Å². The summed E-state index contributed by atoms with van der Waals surface area (Å²) in [7, 11) is -3.67. The van der Waals surface area contributed by atoms with Gasteiger partial charge in [-0.25, -0.2) is 18.1 Å². The zero-order valence-electron chi connectivity index (χ0n) is 12.0. The molecule has 1 heterocycles. The van der Waals surface area contributed by atoms with Crippen LogP contribution in [0.5, 0.6) is 0 Å². The van der Waals surface area contributed by atoms with E-state index in [9.17, 15) is 13.5 Å². The minimum absolute atomic E-state index is 0.141. The number of hydrogen-bond donors (Lipinski definition) is 3. The summed E-state index contributed by atoms with van der Waals surface area (Å²) in [4.78, 5) is 7.15. The molecule has 2 aromatic rings. The molecule has 0 spiro atoms. The Morgan fingerprint density at radius 2 is 2.19 bits per heavy atom. The molecule has 6 nitrogen and oxygen atoms in total. The topological polar surface area (TPSA) is 95.1 Å². The van der Waals surface area contributed by atoms with Crippen LogP contribution >= 0.6 is 0 Å². The van der Waals surface area contributed by atoms with Gasteiger partial charge in [-0.05, 0) is 36.6 Å². The summed E-state index contributed by atoms with van der Waals surface area (Å²) in [5, 5.41) is 9.26. The highest BCUT2D eigenvalue weighted by atomic mass is 32.2. The molecule has 0 fully saturated rings. The van der Waals surface area contributed by atoms with E-state index in [-0.39, 0.29) is 11.5 Å². The molecule has 114 valence electrons. The van der Waals surface area contributed by atoms with Crippen LogP contribution in [0.2, 0.25) is 0 Å². The molecule has 21 heavy (non-hydrogen) atoms. The molecule has 1 unspecified atom stereocenters. The molecular formula is C14H19N3O3S. The number of aromatic amines is 1. The molecular weight excluding hydrogens is 290 g/mol. The van der Waals surface area contributed by atoms with Gasteiger partial charge in [-0.15, -0.1) is 0 Å². The predicted molar refractivity (Wildman–Crippen MR) is 79.0 cm³/mol. The third-order valence-electron chi connectivity index (χ3n) is 3.36. The van der Waals surface area contributed by atoms with Gasteiger partial charge in [-0.2, -0.15) is 0 Å². The Labute approximate surface area is 124 Å². The number of nitrogens with zero attached hydrogens (tertiary/aromatic N) is 1. The number of hydrogen-bond acceptors (Lipinski definition) is 4. The number of H-pyrrole nitrogens is 1. The van der Waals surface area contributed by atoms with Crippen LogP contribution < -0.4 is 4.72 Å². The van der Waals surface area contributed by atoms with Crippen LogP contribution in [0.1, 0.15) is 36.3 Å². The molecule has 0 saturated heterocycles. The van der Waals surface area contributed by atoms with E-state index in [4.69, 9.17) is 0 Å². The van der Waals surface area contributed by atoms with Gasteiger partial charge in [0.1, 0.15) is 5.82 Å². The monoisotopic (exact) mass is 309 g/mol. The van der Waals surface area contributed by atoms with Crippen LogP contribution in [0.4, 0.5) is 0 Å². The van der Waals surface area contributed by atoms with Crippen molar-refractivity contribution in [3.63, 3.8) is 0 Å². The fourth-order valence-corrected chi connectivity index (χ4v) is 3.37. The van der Waals surface area contributed by atoms with Gasteiger partial charge in [0.2, 0.25) is 10.0 Å². The van der Waals surface area contributed by atoms with E-state index in [1.807, 2.05) is 13.8 Å². The Hall–Kier alpha value is -1.70. The van der Waals surface area contributed by atoms with E-state index < -0.39 is 16.1 Å². The van der Waals surface area contributed by atoms with Crippen molar-refractivity contribution in [3.05, 3.63) is 47.5 Å². The summed E-state index contributed by atoms with van der Waals surface area (Å²) in [6, 6.07) is 4.30. The zero-order valence-corrected chi connectivity index (χ0v) is 12.8. The Bertz CT molecular complexity index is 696. The highest BCUT2D eigenvalue weighted by molar-refractivity contribution is 7.89. The maximum absolute atomic E-state index is 12.4. The Balaban J connectivity index is 2.29. The highest BCUT2D eigenvalue weighted by Gasteiger charge is 2.22. The van der Waals surface area contributed by atoms with E-state index in [2.05, 4.69) is 14.7 Å². The number of aryl methyl sites for hydroxylation is 1. The van der Waals surface area contributed by atoms with Gasteiger partial charge in [0.25, 0.3) is 0 Å². The van der Waals surface area contributed by atoms with E-state index in [0.29, 0.717) is 17.8 Å². The lowest BCUT2D eigenvalue weighted by Crippen LogP contribution is -2.29. The first-order valence-electron chi connectivity index (χ1n) is 6.70. The van der Waals surface area contributed by atoms with Gasteiger partial charge in [0.05, 0.1) is 17.5 Å². The zero-order chi connectivity index (χ0) is 15.5. The number of nitrogens with one attached hydrogen (secondary N) is 2. The third kappa shape index (κ3) is 3.49. The summed E-state index contributed by atoms with van der Waals surface area (Å²) < 4.78 is 27.5. The molecule has 0 amide bonds. The van der Waals surface area contributed by atoms with Gasteiger partial charge in [-0.1, -0.05) is 13.0 Å². The normalized spacial score (nSPS) is 13.3. The van der Waals surface area contributed by atoms with Crippen LogP contribution in [0.25, 0.3) is 0 Å². The molecule has 0 aliphatic heterocycles. The van der Waals surface area contributed by atoms with Gasteiger partial charge in [0, 0.05) is 12.4 Å². The van der Waals surface area contributed by atoms with Crippen molar-refractivity contribution in [1.82, 2.24) is 14.7 Å². The molecule has 1 aromatic carbocycles. The lowest BCUT2D eigenvalue weighted by molar-refractivity contribution is 0.280. The minimum atomic E-state index is -3.67. The van der Waals surface area contributed by atoms with Crippen molar-refractivity contribution in [2.45, 2.75) is 37.8 Å². The minimum Gasteiger partial charge on any atom is -0.392 e. The first-order chi connectivity index (χ1) is 9.97. The van der Waals surface area contributed by atoms with E-state index in [1.165, 1.54) is 12.1 Å². The molecule has 0 aliphatic rings. The first kappa shape index (κ1) is 15.7. The lowest BCUT2D eigenvalue weighted by Gasteiger charge is -2.15. The van der Waals surface area contributed by atoms with Crippen molar-refractivity contribution in [3.8, 4) is 0 Å². The molecule has 3 N–H and O–H groups in total. The molecule has 1 aromatic heterocycles. The number of aliphatic hydroxyl groups excluding tert-OH is 1. The highest BCUT2D eigenvalue weighted by Crippen LogP contribution is 2.19. The number of aromatic nitrogens is 2. The summed E-state index contributed by atoms with van der Waals surface area (Å²) in [6.07, 6.45) is 3.82. The van der Waals surface area contributed by atoms with Crippen molar-refractivity contribution in [2.24, 2.45) is 0 Å². The largest absolute Gasteiger partial charge is 0.392 e. The molecule has 0 saturated carbocycles. The molecule has 0 radical (unpaired) electrons. The average Bonchev–Trinajstić information content (AvgIpc) is 2.99. The number of benzene rings is 1. The van der Waals surface area contributed by atoms with Crippen molar-refractivity contribution in [2.75, 3.05) is 0 Å². The van der Waals surface area contributed by atoms with Crippen molar-refractivity contribution < 1.29 is 13.5 Å². The number of rotatable bonds is 6. The number of sulfonamides is 1. The SMILES string of the molecule is CCC(NS(=O)(=O)c1ccc(C)c(CO)c1)c1ncc[nH]1. The Kier molecular flexibility index (Phi) is 4.76. The van der Waals surface area contributed by atoms with E-state index in [1.54, 1.807) is 18.5 Å². The van der Waals surface area contributed by atoms with E-state index >= 15 is 0 Å². The maximum Gasteiger partial charge on any atom is 0.241 e. The van der Waals surface area contributed by atoms with Gasteiger partial charge in [0.15, 0.2) is 0 Å². The average molecular weight is 309 g/mol. The smallest absolute Gasteiger partial charge is 0.241 e. The number of imidazole rings is 1. The van der Waals surface area contributed by atoms with E-state index in [0.717, 1.165) is 5.56 Å². The first-order valence-corrected chi connectivity index (χ1v) is 8.18. The molecule has 2 rings (SSSR count). The fourth-order valence-electron chi connectivity index (χ4n) is 2.04. The molecule has 0 aliphatic carbocycles. The summed E-state index contributed by atoms with van der Waals surface area (Å²) in [5.41, 5.74) is 1.46. The molecule has 7 heteroatoms. The van der Waals surface area contributed by atoms with Gasteiger partial charge >= 0.3 is 0 Å². The number of aliphatic hydroxyl groups is 1. The summed E-state index contributed by atoms with van der Waals surface area (Å²) in [6.45, 7) is 3.52. The van der Waals surface area contributed by atoms with Gasteiger partial charge < -0.3 is 10.1 Å². The quantitative estimate of drug-likeness (QED) is 0.756. The van der Waals surface area contributed by atoms with Crippen LogP contribution in [0, 0.1) is 6.92 Å². The van der Waals surface area contributed by atoms with Crippen LogP contribution in [-0.4, -0.2) is 23.5 Å². The van der Waals surface area contributed by atoms with Crippen molar-refractivity contribution >= 4 is 10.0 Å². The summed E-state index contributed by atoms with van der Waals surface area (Å²) in [5.74, 6) is 0.579. The lowest BCUT2D eigenvalue weighted by atomic mass is 10.1. The molecule has 1 atom stereocenters. The fraction of sp³-hybridized carbons (Fsp3) is 0.357. The van der Waals surface area contributed by atoms with Crippen LogP contribution in [0.15, 0.2) is 35.5 Å². The van der Waals surface area contributed by atoms with Gasteiger partial charge in [-0.3, -0.25) is 0 Å². The second-order valence-corrected chi connectivity index (χ2v) is 6.52. The second-order valence-electron chi connectivity index (χ2n) is 4.80. The molecule has 0 bridgehead atoms. The Morgan fingerprint density at radius 3 is 2.76 bits per heavy atom. The standard InChI is InChI=1S/C14H19N3O3S/c1-3-13(14-15-6-7-16-14)17-21(19,20)12-5-4-10(2)11(8-12)9-18/h4-8,13,17-18H,3,9H2,1-2H3,(H,15,16). The predicted octanol–water partition coefficient (Wildman–Crippen LogP) is 1.64. The van der Waals surface area contributed by atoms with Crippen LogP contribution in [-0.2, 0) is 16.6 Å². The second kappa shape index (κ2) is 6.38. The Morgan fingerprint density at radius 1 is 1.43 bits per heavy atom.